The van der Waals surface area contributed by atoms with Crippen LogP contribution in [0.3, 0.4) is 0 Å². The van der Waals surface area contributed by atoms with Crippen LogP contribution in [0.25, 0.3) is 0 Å². The second-order valence-corrected chi connectivity index (χ2v) is 4.84. The van der Waals surface area contributed by atoms with Crippen LogP contribution in [0.4, 0.5) is 0 Å². The van der Waals surface area contributed by atoms with Gasteiger partial charge in [0.1, 0.15) is 0 Å². The molecule has 3 nitrogen and oxygen atoms in total. The van der Waals surface area contributed by atoms with Gasteiger partial charge in [0.2, 0.25) is 0 Å². The molecular formula is C16H27NO2. The predicted octanol–water partition coefficient (Wildman–Crippen LogP) is 2.39. The molecule has 1 aromatic rings. The molecule has 3 heteroatoms. The molecule has 1 rings (SSSR count). The molecule has 0 aliphatic heterocycles. The third-order valence-electron chi connectivity index (χ3n) is 3.32. The molecular weight excluding hydrogens is 238 g/mol. The van der Waals surface area contributed by atoms with Crippen LogP contribution in [-0.2, 0) is 11.2 Å². The summed E-state index contributed by atoms with van der Waals surface area (Å²) in [6, 6.07) is 10.9. The van der Waals surface area contributed by atoms with Crippen LogP contribution in [0.15, 0.2) is 30.3 Å². The molecule has 0 saturated carbocycles. The lowest BCUT2D eigenvalue weighted by molar-refractivity contribution is 0.125. The summed E-state index contributed by atoms with van der Waals surface area (Å²) in [5.41, 5.74) is 1.38. The lowest BCUT2D eigenvalue weighted by Crippen LogP contribution is -2.26. The molecule has 0 aliphatic carbocycles. The van der Waals surface area contributed by atoms with Crippen molar-refractivity contribution in [3.63, 3.8) is 0 Å². The summed E-state index contributed by atoms with van der Waals surface area (Å²) in [6.45, 7) is 1.90. The Labute approximate surface area is 117 Å². The molecule has 0 bridgehead atoms. The molecule has 0 saturated heterocycles. The maximum Gasteiger partial charge on any atom is 0.0469 e. The normalized spacial score (nSPS) is 12.5. The van der Waals surface area contributed by atoms with Gasteiger partial charge in [-0.25, -0.2) is 0 Å². The van der Waals surface area contributed by atoms with Crippen LogP contribution in [0, 0.1) is 0 Å². The average Bonchev–Trinajstić information content (AvgIpc) is 2.46. The largest absolute Gasteiger partial charge is 0.396 e. The Morgan fingerprint density at radius 1 is 1.11 bits per heavy atom. The number of rotatable bonds is 11. The maximum atomic E-state index is 8.88. The Balaban J connectivity index is 1.94. The molecule has 108 valence electrons. The second-order valence-electron chi connectivity index (χ2n) is 4.84. The van der Waals surface area contributed by atoms with Crippen molar-refractivity contribution >= 4 is 0 Å². The number of aliphatic hydroxyl groups is 1. The van der Waals surface area contributed by atoms with Crippen molar-refractivity contribution in [2.24, 2.45) is 0 Å². The number of nitrogens with one attached hydrogen (secondary N) is 1. The van der Waals surface area contributed by atoms with Crippen molar-refractivity contribution in [2.45, 2.75) is 38.1 Å². The van der Waals surface area contributed by atoms with Crippen LogP contribution < -0.4 is 5.32 Å². The molecule has 0 aromatic heterocycles. The molecule has 0 heterocycles. The van der Waals surface area contributed by atoms with Crippen molar-refractivity contribution in [3.8, 4) is 0 Å². The Morgan fingerprint density at radius 2 is 1.84 bits per heavy atom. The smallest absolute Gasteiger partial charge is 0.0469 e. The Morgan fingerprint density at radius 3 is 2.53 bits per heavy atom. The average molecular weight is 265 g/mol. The number of aliphatic hydroxyl groups excluding tert-OH is 1. The monoisotopic (exact) mass is 265 g/mol. The van der Waals surface area contributed by atoms with Gasteiger partial charge >= 0.3 is 0 Å². The van der Waals surface area contributed by atoms with E-state index in [1.165, 1.54) is 5.56 Å². The first kappa shape index (κ1) is 16.2. The minimum absolute atomic E-state index is 0.253. The summed E-state index contributed by atoms with van der Waals surface area (Å²) in [7, 11) is 1.95. The molecule has 1 atom stereocenters. The Kier molecular flexibility index (Phi) is 9.33. The van der Waals surface area contributed by atoms with Gasteiger partial charge in [0.15, 0.2) is 0 Å². The van der Waals surface area contributed by atoms with Gasteiger partial charge in [-0.15, -0.1) is 0 Å². The van der Waals surface area contributed by atoms with E-state index in [1.807, 2.05) is 13.1 Å². The fourth-order valence-electron chi connectivity index (χ4n) is 2.15. The second kappa shape index (κ2) is 11.0. The molecule has 0 fully saturated rings. The van der Waals surface area contributed by atoms with Crippen LogP contribution >= 0.6 is 0 Å². The van der Waals surface area contributed by atoms with E-state index in [1.54, 1.807) is 0 Å². The van der Waals surface area contributed by atoms with Crippen LogP contribution in [-0.4, -0.2) is 38.0 Å². The lowest BCUT2D eigenvalue weighted by Gasteiger charge is -2.14. The summed E-state index contributed by atoms with van der Waals surface area (Å²) in [6.07, 6.45) is 5.11. The highest BCUT2D eigenvalue weighted by Gasteiger charge is 2.04. The van der Waals surface area contributed by atoms with Crippen molar-refractivity contribution in [2.75, 3.05) is 26.9 Å². The van der Waals surface area contributed by atoms with E-state index >= 15 is 0 Å². The zero-order valence-electron chi connectivity index (χ0n) is 12.0. The van der Waals surface area contributed by atoms with E-state index in [0.717, 1.165) is 45.3 Å². The summed E-state index contributed by atoms with van der Waals surface area (Å²) in [4.78, 5) is 0. The van der Waals surface area contributed by atoms with Gasteiger partial charge in [-0.1, -0.05) is 30.3 Å². The third kappa shape index (κ3) is 7.98. The fourth-order valence-corrected chi connectivity index (χ4v) is 2.15. The van der Waals surface area contributed by atoms with Gasteiger partial charge < -0.3 is 15.2 Å². The molecule has 1 unspecified atom stereocenters. The highest BCUT2D eigenvalue weighted by Crippen LogP contribution is 2.04. The molecule has 0 radical (unpaired) electrons. The van der Waals surface area contributed by atoms with E-state index in [9.17, 15) is 0 Å². The Hall–Kier alpha value is -0.900. The first-order valence-corrected chi connectivity index (χ1v) is 7.26. The fraction of sp³-hybridized carbons (Fsp3) is 0.625. The summed E-state index contributed by atoms with van der Waals surface area (Å²) in [5, 5.41) is 12.1. The Bertz CT molecular complexity index is 303. The predicted molar refractivity (Wildman–Crippen MR) is 79.4 cm³/mol. The first-order valence-electron chi connectivity index (χ1n) is 7.26. The van der Waals surface area contributed by atoms with Crippen LogP contribution in [0.1, 0.15) is 31.2 Å². The van der Waals surface area contributed by atoms with Gasteiger partial charge in [-0.05, 0) is 44.7 Å². The van der Waals surface area contributed by atoms with Gasteiger partial charge in [-0.3, -0.25) is 0 Å². The quantitative estimate of drug-likeness (QED) is 0.604. The maximum absolute atomic E-state index is 8.88. The SMILES string of the molecule is CNC(CCO)CCCOCCCc1ccccc1. The van der Waals surface area contributed by atoms with Gasteiger partial charge in [-0.2, -0.15) is 0 Å². The summed E-state index contributed by atoms with van der Waals surface area (Å²) >= 11 is 0. The van der Waals surface area contributed by atoms with E-state index in [-0.39, 0.29) is 6.61 Å². The van der Waals surface area contributed by atoms with E-state index in [4.69, 9.17) is 9.84 Å². The summed E-state index contributed by atoms with van der Waals surface area (Å²) < 4.78 is 5.64. The minimum atomic E-state index is 0.253. The van der Waals surface area contributed by atoms with Crippen LogP contribution in [0.2, 0.25) is 0 Å². The number of hydrogen-bond donors (Lipinski definition) is 2. The van der Waals surface area contributed by atoms with Crippen molar-refractivity contribution in [3.05, 3.63) is 35.9 Å². The van der Waals surface area contributed by atoms with Crippen LogP contribution in [0.5, 0.6) is 0 Å². The molecule has 1 aromatic carbocycles. The standard InChI is InChI=1S/C16H27NO2/c1-17-16(11-12-18)10-6-14-19-13-5-9-15-7-3-2-4-8-15/h2-4,7-8,16-18H,5-6,9-14H2,1H3. The highest BCUT2D eigenvalue weighted by molar-refractivity contribution is 5.14. The van der Waals surface area contributed by atoms with Gasteiger partial charge in [0, 0.05) is 25.9 Å². The zero-order chi connectivity index (χ0) is 13.8. The van der Waals surface area contributed by atoms with Crippen molar-refractivity contribution in [1.82, 2.24) is 5.32 Å². The van der Waals surface area contributed by atoms with E-state index in [0.29, 0.717) is 6.04 Å². The van der Waals surface area contributed by atoms with Gasteiger partial charge in [0.25, 0.3) is 0 Å². The highest BCUT2D eigenvalue weighted by atomic mass is 16.5. The van der Waals surface area contributed by atoms with Crippen molar-refractivity contribution < 1.29 is 9.84 Å². The molecule has 0 amide bonds. The number of ether oxygens (including phenoxy) is 1. The van der Waals surface area contributed by atoms with Crippen molar-refractivity contribution in [1.29, 1.82) is 0 Å². The van der Waals surface area contributed by atoms with E-state index in [2.05, 4.69) is 29.6 Å². The molecule has 2 N–H and O–H groups in total. The minimum Gasteiger partial charge on any atom is -0.396 e. The molecule has 0 aliphatic rings. The number of hydrogen-bond acceptors (Lipinski definition) is 3. The summed E-state index contributed by atoms with van der Waals surface area (Å²) in [5.74, 6) is 0. The number of aryl methyl sites for hydroxylation is 1. The third-order valence-corrected chi connectivity index (χ3v) is 3.32. The number of benzene rings is 1. The van der Waals surface area contributed by atoms with Gasteiger partial charge in [0.05, 0.1) is 0 Å². The molecule has 0 spiro atoms. The van der Waals surface area contributed by atoms with E-state index < -0.39 is 0 Å². The lowest BCUT2D eigenvalue weighted by atomic mass is 10.1. The first-order chi connectivity index (χ1) is 9.36. The zero-order valence-corrected chi connectivity index (χ0v) is 12.0. The topological polar surface area (TPSA) is 41.5 Å². The molecule has 19 heavy (non-hydrogen) atoms.